The molecule has 6 rings (SSSR count). The van der Waals surface area contributed by atoms with Crippen LogP contribution in [0.15, 0.2) is 36.4 Å². The minimum atomic E-state index is -0.512. The molecule has 0 spiro atoms. The second kappa shape index (κ2) is 10.7. The molecular formula is C32H37N5O4S. The average molecular weight is 588 g/mol. The third kappa shape index (κ3) is 5.19. The Morgan fingerprint density at radius 2 is 1.86 bits per heavy atom. The number of hydrogen-bond acceptors (Lipinski definition) is 8. The van der Waals surface area contributed by atoms with Crippen LogP contribution in [0, 0.1) is 6.92 Å². The number of anilines is 2. The lowest BCUT2D eigenvalue weighted by atomic mass is 10.0. The number of aryl methyl sites for hydroxylation is 1. The molecule has 4 heterocycles. The van der Waals surface area contributed by atoms with E-state index in [1.807, 2.05) is 39.8 Å². The number of pyridine rings is 1. The maximum atomic E-state index is 12.8. The molecule has 4 aromatic rings. The molecule has 10 heteroatoms. The Bertz CT molecular complexity index is 1700. The smallest absolute Gasteiger partial charge is 0.410 e. The van der Waals surface area contributed by atoms with E-state index in [2.05, 4.69) is 46.7 Å². The number of ether oxygens (including phenoxy) is 2. The van der Waals surface area contributed by atoms with Gasteiger partial charge in [-0.25, -0.2) is 9.78 Å². The van der Waals surface area contributed by atoms with Crippen LogP contribution in [0.5, 0.6) is 5.75 Å². The summed E-state index contributed by atoms with van der Waals surface area (Å²) in [5.41, 5.74) is 5.21. The average Bonchev–Trinajstić information content (AvgIpc) is 3.27. The Morgan fingerprint density at radius 1 is 1.10 bits per heavy atom. The molecule has 2 aliphatic heterocycles. The quantitative estimate of drug-likeness (QED) is 0.302. The van der Waals surface area contributed by atoms with E-state index in [0.717, 1.165) is 54.9 Å². The van der Waals surface area contributed by atoms with Gasteiger partial charge in [0.2, 0.25) is 0 Å². The fourth-order valence-electron chi connectivity index (χ4n) is 5.69. The van der Waals surface area contributed by atoms with E-state index in [1.54, 1.807) is 12.0 Å². The van der Waals surface area contributed by atoms with Crippen LogP contribution in [-0.2, 0) is 4.74 Å². The van der Waals surface area contributed by atoms with Crippen LogP contribution in [-0.4, -0.2) is 73.4 Å². The standard InChI is InChI=1S/C32H37N5O4S/c1-18-15-24(36-11-13-37(14-12-36)31(39)41-32(3,4)5)25(40-6)16-21(18)23-8-7-20-22(35-23)9-10-26-27(20)28-29(42-26)30(38)34-19(2)17-33-28/h7-10,15-16,19,33H,11-14,17H2,1-6H3,(H,34,38)/t19-/m1/s1. The summed E-state index contributed by atoms with van der Waals surface area (Å²) in [6, 6.07) is 12.5. The van der Waals surface area contributed by atoms with Gasteiger partial charge in [-0.2, -0.15) is 0 Å². The third-order valence-electron chi connectivity index (χ3n) is 7.76. The molecule has 2 aromatic carbocycles. The molecule has 9 nitrogen and oxygen atoms in total. The molecule has 1 atom stereocenters. The number of thiophene rings is 1. The predicted molar refractivity (Wildman–Crippen MR) is 169 cm³/mol. The van der Waals surface area contributed by atoms with Gasteiger partial charge < -0.3 is 29.9 Å². The Labute approximate surface area is 249 Å². The van der Waals surface area contributed by atoms with Gasteiger partial charge in [0.05, 0.1) is 29.7 Å². The van der Waals surface area contributed by atoms with E-state index in [4.69, 9.17) is 14.5 Å². The summed E-state index contributed by atoms with van der Waals surface area (Å²) in [4.78, 5) is 35.1. The van der Waals surface area contributed by atoms with E-state index < -0.39 is 5.60 Å². The van der Waals surface area contributed by atoms with Crippen LogP contribution in [0.2, 0.25) is 0 Å². The summed E-state index contributed by atoms with van der Waals surface area (Å²) in [6.07, 6.45) is -0.271. The molecule has 2 aromatic heterocycles. The highest BCUT2D eigenvalue weighted by Gasteiger charge is 2.28. The number of benzene rings is 2. The summed E-state index contributed by atoms with van der Waals surface area (Å²) in [6.45, 7) is 13.0. The number of amides is 2. The van der Waals surface area contributed by atoms with Gasteiger partial charge in [0.25, 0.3) is 5.91 Å². The first-order valence-electron chi connectivity index (χ1n) is 14.4. The van der Waals surface area contributed by atoms with Crippen molar-refractivity contribution >= 4 is 55.7 Å². The summed E-state index contributed by atoms with van der Waals surface area (Å²) in [5.74, 6) is 0.738. The van der Waals surface area contributed by atoms with Gasteiger partial charge in [-0.3, -0.25) is 4.79 Å². The highest BCUT2D eigenvalue weighted by Crippen LogP contribution is 2.42. The van der Waals surface area contributed by atoms with Gasteiger partial charge in [-0.1, -0.05) is 0 Å². The first-order valence-corrected chi connectivity index (χ1v) is 15.2. The Hall–Kier alpha value is -4.05. The molecule has 2 amide bonds. The summed E-state index contributed by atoms with van der Waals surface area (Å²) >= 11 is 1.51. The van der Waals surface area contributed by atoms with Gasteiger partial charge in [-0.05, 0) is 76.6 Å². The van der Waals surface area contributed by atoms with Crippen molar-refractivity contribution in [3.63, 3.8) is 0 Å². The minimum absolute atomic E-state index is 0.0320. The molecule has 0 unspecified atom stereocenters. The normalized spacial score (nSPS) is 17.5. The van der Waals surface area contributed by atoms with E-state index in [0.29, 0.717) is 37.6 Å². The second-order valence-electron chi connectivity index (χ2n) is 12.1. The van der Waals surface area contributed by atoms with Crippen LogP contribution in [0.1, 0.15) is 42.9 Å². The largest absolute Gasteiger partial charge is 0.495 e. The monoisotopic (exact) mass is 587 g/mol. The van der Waals surface area contributed by atoms with Crippen molar-refractivity contribution in [1.29, 1.82) is 0 Å². The second-order valence-corrected chi connectivity index (χ2v) is 13.1. The zero-order valence-corrected chi connectivity index (χ0v) is 25.8. The zero-order chi connectivity index (χ0) is 29.8. The van der Waals surface area contributed by atoms with Crippen LogP contribution >= 0.6 is 11.3 Å². The van der Waals surface area contributed by atoms with E-state index >= 15 is 0 Å². The van der Waals surface area contributed by atoms with Gasteiger partial charge in [-0.15, -0.1) is 11.3 Å². The summed E-state index contributed by atoms with van der Waals surface area (Å²) < 4.78 is 12.5. The predicted octanol–water partition coefficient (Wildman–Crippen LogP) is 6.03. The van der Waals surface area contributed by atoms with Gasteiger partial charge in [0.15, 0.2) is 0 Å². The summed E-state index contributed by atoms with van der Waals surface area (Å²) in [7, 11) is 1.69. The number of hydrogen-bond donors (Lipinski definition) is 2. The molecule has 2 aliphatic rings. The Morgan fingerprint density at radius 3 is 2.57 bits per heavy atom. The van der Waals surface area contributed by atoms with Crippen LogP contribution in [0.3, 0.4) is 0 Å². The molecule has 0 aliphatic carbocycles. The van der Waals surface area contributed by atoms with E-state index in [9.17, 15) is 9.59 Å². The zero-order valence-electron chi connectivity index (χ0n) is 25.0. The molecule has 220 valence electrons. The fourth-order valence-corrected chi connectivity index (χ4v) is 6.79. The number of fused-ring (bicyclic) bond motifs is 5. The molecular weight excluding hydrogens is 550 g/mol. The van der Waals surface area contributed by atoms with E-state index in [-0.39, 0.29) is 18.0 Å². The van der Waals surface area contributed by atoms with Gasteiger partial charge in [0, 0.05) is 59.8 Å². The van der Waals surface area contributed by atoms with Crippen LogP contribution in [0.4, 0.5) is 16.2 Å². The van der Waals surface area contributed by atoms with Crippen molar-refractivity contribution in [2.24, 2.45) is 0 Å². The number of methoxy groups -OCH3 is 1. The lowest BCUT2D eigenvalue weighted by Gasteiger charge is -2.37. The number of nitrogens with one attached hydrogen (secondary N) is 2. The molecule has 0 saturated carbocycles. The number of rotatable bonds is 3. The lowest BCUT2D eigenvalue weighted by Crippen LogP contribution is -2.50. The first kappa shape index (κ1) is 28.1. The molecule has 0 bridgehead atoms. The maximum Gasteiger partial charge on any atom is 0.410 e. The van der Waals surface area contributed by atoms with Crippen molar-refractivity contribution in [1.82, 2.24) is 15.2 Å². The molecule has 2 N–H and O–H groups in total. The fraction of sp³-hybridized carbons (Fsp3) is 0.406. The topological polar surface area (TPSA) is 96.0 Å². The van der Waals surface area contributed by atoms with Crippen molar-refractivity contribution in [2.75, 3.05) is 50.1 Å². The highest BCUT2D eigenvalue weighted by molar-refractivity contribution is 7.21. The Kier molecular flexibility index (Phi) is 7.12. The molecule has 1 saturated heterocycles. The highest BCUT2D eigenvalue weighted by atomic mass is 32.1. The number of aromatic nitrogens is 1. The third-order valence-corrected chi connectivity index (χ3v) is 8.92. The minimum Gasteiger partial charge on any atom is -0.495 e. The molecule has 0 radical (unpaired) electrons. The number of piperazine rings is 1. The van der Waals surface area contributed by atoms with Crippen LogP contribution < -0.4 is 20.3 Å². The SMILES string of the molecule is COc1cc(-c2ccc3c(ccc4sc5c(c43)NC[C@@H](C)NC5=O)n2)c(C)cc1N1CCN(C(=O)OC(C)(C)C)CC1. The lowest BCUT2D eigenvalue weighted by molar-refractivity contribution is 0.0240. The molecule has 42 heavy (non-hydrogen) atoms. The van der Waals surface area contributed by atoms with E-state index in [1.165, 1.54) is 11.3 Å². The van der Waals surface area contributed by atoms with Crippen molar-refractivity contribution in [2.45, 2.75) is 46.3 Å². The Balaban J connectivity index is 1.30. The summed E-state index contributed by atoms with van der Waals surface area (Å²) in [5, 5.41) is 8.62. The number of carbonyl (C=O) groups excluding carboxylic acids is 2. The first-order chi connectivity index (χ1) is 20.0. The number of carbonyl (C=O) groups is 2. The number of nitrogens with zero attached hydrogens (tertiary/aromatic N) is 3. The van der Waals surface area contributed by atoms with Gasteiger partial charge >= 0.3 is 6.09 Å². The van der Waals surface area contributed by atoms with Gasteiger partial charge in [0.1, 0.15) is 16.2 Å². The van der Waals surface area contributed by atoms with Crippen molar-refractivity contribution < 1.29 is 19.1 Å². The van der Waals surface area contributed by atoms with Crippen molar-refractivity contribution in [3.05, 3.63) is 46.8 Å². The molecule has 1 fully saturated rings. The van der Waals surface area contributed by atoms with Crippen LogP contribution in [0.25, 0.3) is 32.2 Å². The maximum absolute atomic E-state index is 12.8. The van der Waals surface area contributed by atoms with Crippen molar-refractivity contribution in [3.8, 4) is 17.0 Å².